The molecule has 0 bridgehead atoms. The molecule has 0 aliphatic carbocycles. The van der Waals surface area contributed by atoms with Crippen LogP contribution in [0.1, 0.15) is 17.1 Å². The highest BCUT2D eigenvalue weighted by Crippen LogP contribution is 2.17. The number of nitrogens with zero attached hydrogens (tertiary/aromatic N) is 2. The van der Waals surface area contributed by atoms with Crippen LogP contribution in [-0.2, 0) is 6.42 Å². The lowest BCUT2D eigenvalue weighted by Gasteiger charge is -1.95. The number of aromatic nitrogens is 2. The van der Waals surface area contributed by atoms with Crippen molar-refractivity contribution >= 4 is 18.0 Å². The molecule has 23 heavy (non-hydrogen) atoms. The second kappa shape index (κ2) is 5.93. The molecule has 2 aromatic rings. The number of nitrogens with one attached hydrogen (secondary N) is 2. The minimum Gasteiger partial charge on any atom is -0.365 e. The van der Waals surface area contributed by atoms with Gasteiger partial charge in [0.15, 0.2) is 0 Å². The molecule has 2 N–H and O–H groups in total. The Hall–Kier alpha value is -3.14. The first kappa shape index (κ1) is 13.5. The maximum absolute atomic E-state index is 4.59. The summed E-state index contributed by atoms with van der Waals surface area (Å²) in [5.74, 6) is 0. The zero-order valence-corrected chi connectivity index (χ0v) is 12.5. The van der Waals surface area contributed by atoms with Crippen LogP contribution in [0.25, 0.3) is 6.08 Å². The van der Waals surface area contributed by atoms with Gasteiger partial charge >= 0.3 is 0 Å². The number of aliphatic imine (C=N–C) groups is 2. The van der Waals surface area contributed by atoms with Crippen LogP contribution < -0.4 is 0 Å². The quantitative estimate of drug-likeness (QED) is 0.863. The first-order valence-corrected chi connectivity index (χ1v) is 7.56. The molecule has 0 saturated carbocycles. The fourth-order valence-electron chi connectivity index (χ4n) is 2.59. The Balaban J connectivity index is 1.48. The van der Waals surface area contributed by atoms with E-state index in [0.717, 1.165) is 29.2 Å². The van der Waals surface area contributed by atoms with Crippen molar-refractivity contribution in [3.05, 3.63) is 89.3 Å². The SMILES string of the molecule is C1=C/C(=C\C2=NC(=Cc3ccc(Cc4ccc[nH]4)[nH]3)C=C2)N=C1. The van der Waals surface area contributed by atoms with Gasteiger partial charge < -0.3 is 9.97 Å². The Labute approximate surface area is 134 Å². The molecule has 4 rings (SSSR count). The van der Waals surface area contributed by atoms with Gasteiger partial charge in [0, 0.05) is 35.9 Å². The lowest BCUT2D eigenvalue weighted by molar-refractivity contribution is 1.05. The van der Waals surface area contributed by atoms with Crippen LogP contribution in [-0.4, -0.2) is 21.9 Å². The molecular formula is C19H16N4. The van der Waals surface area contributed by atoms with E-state index in [1.54, 1.807) is 6.21 Å². The van der Waals surface area contributed by atoms with Gasteiger partial charge in [-0.3, -0.25) is 4.99 Å². The van der Waals surface area contributed by atoms with Crippen LogP contribution in [0.2, 0.25) is 0 Å². The third-order valence-electron chi connectivity index (χ3n) is 3.67. The molecule has 0 fully saturated rings. The summed E-state index contributed by atoms with van der Waals surface area (Å²) in [5.41, 5.74) is 6.23. The van der Waals surface area contributed by atoms with Crippen LogP contribution in [0.15, 0.2) is 82.2 Å². The van der Waals surface area contributed by atoms with E-state index >= 15 is 0 Å². The molecular weight excluding hydrogens is 284 g/mol. The molecule has 112 valence electrons. The second-order valence-electron chi connectivity index (χ2n) is 5.46. The van der Waals surface area contributed by atoms with Crippen molar-refractivity contribution in [2.45, 2.75) is 6.42 Å². The lowest BCUT2D eigenvalue weighted by Crippen LogP contribution is -1.88. The van der Waals surface area contributed by atoms with Crippen LogP contribution in [0.3, 0.4) is 0 Å². The normalized spacial score (nSPS) is 19.4. The van der Waals surface area contributed by atoms with Crippen molar-refractivity contribution in [1.29, 1.82) is 0 Å². The largest absolute Gasteiger partial charge is 0.365 e. The molecule has 4 nitrogen and oxygen atoms in total. The Kier molecular flexibility index (Phi) is 3.48. The van der Waals surface area contributed by atoms with Gasteiger partial charge in [-0.15, -0.1) is 0 Å². The summed E-state index contributed by atoms with van der Waals surface area (Å²) < 4.78 is 0. The molecule has 0 aromatic carbocycles. The summed E-state index contributed by atoms with van der Waals surface area (Å²) in [4.78, 5) is 15.4. The summed E-state index contributed by atoms with van der Waals surface area (Å²) in [5, 5.41) is 0. The van der Waals surface area contributed by atoms with Crippen molar-refractivity contribution < 1.29 is 0 Å². The van der Waals surface area contributed by atoms with Crippen molar-refractivity contribution in [3.63, 3.8) is 0 Å². The summed E-state index contributed by atoms with van der Waals surface area (Å²) in [7, 11) is 0. The fourth-order valence-corrected chi connectivity index (χ4v) is 2.59. The van der Waals surface area contributed by atoms with E-state index in [2.05, 4.69) is 38.2 Å². The van der Waals surface area contributed by atoms with Crippen LogP contribution in [0.5, 0.6) is 0 Å². The third-order valence-corrected chi connectivity index (χ3v) is 3.67. The average Bonchev–Trinajstić information content (AvgIpc) is 3.31. The highest BCUT2D eigenvalue weighted by molar-refractivity contribution is 6.08. The summed E-state index contributed by atoms with van der Waals surface area (Å²) in [6.45, 7) is 0. The van der Waals surface area contributed by atoms with E-state index in [1.807, 2.05) is 48.7 Å². The molecule has 2 aliphatic rings. The number of hydrogen-bond donors (Lipinski definition) is 2. The molecule has 0 amide bonds. The minimum absolute atomic E-state index is 0.872. The van der Waals surface area contributed by atoms with Gasteiger partial charge in [0.25, 0.3) is 0 Å². The number of H-pyrrole nitrogens is 2. The average molecular weight is 300 g/mol. The van der Waals surface area contributed by atoms with E-state index in [-0.39, 0.29) is 0 Å². The van der Waals surface area contributed by atoms with Gasteiger partial charge in [0.05, 0.1) is 17.1 Å². The van der Waals surface area contributed by atoms with Crippen molar-refractivity contribution in [2.24, 2.45) is 9.98 Å². The van der Waals surface area contributed by atoms with Gasteiger partial charge in [-0.05, 0) is 60.7 Å². The van der Waals surface area contributed by atoms with Crippen molar-refractivity contribution in [2.75, 3.05) is 0 Å². The maximum atomic E-state index is 4.59. The van der Waals surface area contributed by atoms with E-state index in [0.29, 0.717) is 0 Å². The molecule has 0 spiro atoms. The zero-order chi connectivity index (χ0) is 15.5. The predicted molar refractivity (Wildman–Crippen MR) is 94.7 cm³/mol. The topological polar surface area (TPSA) is 56.3 Å². The number of hydrogen-bond acceptors (Lipinski definition) is 2. The van der Waals surface area contributed by atoms with E-state index in [1.165, 1.54) is 11.4 Å². The van der Waals surface area contributed by atoms with E-state index in [9.17, 15) is 0 Å². The summed E-state index contributed by atoms with van der Waals surface area (Å²) in [6.07, 6.45) is 16.5. The van der Waals surface area contributed by atoms with Gasteiger partial charge in [-0.2, -0.15) is 0 Å². The molecule has 0 unspecified atom stereocenters. The minimum atomic E-state index is 0.872. The number of rotatable bonds is 4. The molecule has 2 aromatic heterocycles. The first-order valence-electron chi connectivity index (χ1n) is 7.56. The van der Waals surface area contributed by atoms with Gasteiger partial charge in [-0.1, -0.05) is 0 Å². The summed E-state index contributed by atoms with van der Waals surface area (Å²) >= 11 is 0. The Morgan fingerprint density at radius 3 is 2.78 bits per heavy atom. The smallest absolute Gasteiger partial charge is 0.0659 e. The molecule has 0 radical (unpaired) electrons. The Bertz CT molecular complexity index is 870. The standard InChI is InChI=1S/C19H16N4/c1-3-14(20-9-1)11-16-5-7-18(22-16)13-19-8-6-17(23-19)12-15-4-2-10-21-15/h1-11,13,21,23H,12H2/b14-11+,18-13?. The zero-order valence-electron chi connectivity index (χ0n) is 12.5. The van der Waals surface area contributed by atoms with Crippen molar-refractivity contribution in [1.82, 2.24) is 9.97 Å². The molecule has 2 aliphatic heterocycles. The monoisotopic (exact) mass is 300 g/mol. The van der Waals surface area contributed by atoms with E-state index in [4.69, 9.17) is 0 Å². The lowest BCUT2D eigenvalue weighted by atomic mass is 10.2. The first-order chi connectivity index (χ1) is 11.3. The molecule has 0 atom stereocenters. The fraction of sp³-hybridized carbons (Fsp3) is 0.0526. The molecule has 4 heterocycles. The van der Waals surface area contributed by atoms with Crippen molar-refractivity contribution in [3.8, 4) is 0 Å². The van der Waals surface area contributed by atoms with Gasteiger partial charge in [-0.25, -0.2) is 4.99 Å². The highest BCUT2D eigenvalue weighted by atomic mass is 14.8. The van der Waals surface area contributed by atoms with Crippen LogP contribution in [0, 0.1) is 0 Å². The molecule has 0 saturated heterocycles. The van der Waals surface area contributed by atoms with Gasteiger partial charge in [0.2, 0.25) is 0 Å². The second-order valence-corrected chi connectivity index (χ2v) is 5.46. The Morgan fingerprint density at radius 2 is 1.96 bits per heavy atom. The van der Waals surface area contributed by atoms with Gasteiger partial charge in [0.1, 0.15) is 0 Å². The number of aromatic amines is 2. The third kappa shape index (κ3) is 3.21. The summed E-state index contributed by atoms with van der Waals surface area (Å²) in [6, 6.07) is 8.28. The van der Waals surface area contributed by atoms with E-state index < -0.39 is 0 Å². The highest BCUT2D eigenvalue weighted by Gasteiger charge is 2.05. The number of allylic oxidation sites excluding steroid dienone is 5. The Morgan fingerprint density at radius 1 is 0.957 bits per heavy atom. The predicted octanol–water partition coefficient (Wildman–Crippen LogP) is 3.81. The molecule has 4 heteroatoms. The maximum Gasteiger partial charge on any atom is 0.0659 e. The van der Waals surface area contributed by atoms with Crippen LogP contribution >= 0.6 is 0 Å². The van der Waals surface area contributed by atoms with Crippen LogP contribution in [0.4, 0.5) is 0 Å².